The Kier molecular flexibility index (Phi) is 6.59. The van der Waals surface area contributed by atoms with Crippen molar-refractivity contribution in [3.05, 3.63) is 88.0 Å². The minimum absolute atomic E-state index is 0.0481. The summed E-state index contributed by atoms with van der Waals surface area (Å²) < 4.78 is 0. The molecule has 0 aliphatic rings. The van der Waals surface area contributed by atoms with E-state index in [-0.39, 0.29) is 5.92 Å². The third kappa shape index (κ3) is 4.79. The van der Waals surface area contributed by atoms with E-state index in [4.69, 9.17) is 0 Å². The van der Waals surface area contributed by atoms with E-state index in [1.165, 1.54) is 33.4 Å². The fraction of sp³-hybridized carbons (Fsp3) is 0.423. The molecule has 3 heteroatoms. The lowest BCUT2D eigenvalue weighted by molar-refractivity contribution is 0.000286. The number of hydrogen-bond acceptors (Lipinski definition) is 2. The standard InChI is InChI=1S/C26H34N2O/c1-18-8-6-9-19(2)24(18)13-15-26(29,14-12-23-16-27-17-28-23)22(5)25-20(3)10-7-11-21(25)4/h6-11,16-17,22,29H,12-15H2,1-5H3,(H,27,28). The summed E-state index contributed by atoms with van der Waals surface area (Å²) in [7, 11) is 0. The molecule has 2 atom stereocenters. The molecule has 154 valence electrons. The van der Waals surface area contributed by atoms with E-state index in [0.717, 1.165) is 25.0 Å². The van der Waals surface area contributed by atoms with Crippen LogP contribution in [0.1, 0.15) is 64.8 Å². The summed E-state index contributed by atoms with van der Waals surface area (Å²) in [6, 6.07) is 12.8. The molecule has 3 nitrogen and oxygen atoms in total. The molecule has 0 saturated heterocycles. The molecular formula is C26H34N2O. The average molecular weight is 391 g/mol. The van der Waals surface area contributed by atoms with Gasteiger partial charge in [-0.2, -0.15) is 0 Å². The Balaban J connectivity index is 1.90. The van der Waals surface area contributed by atoms with Crippen LogP contribution in [0.25, 0.3) is 0 Å². The molecule has 0 bridgehead atoms. The third-order valence-electron chi connectivity index (χ3n) is 6.60. The molecule has 2 unspecified atom stereocenters. The first-order chi connectivity index (χ1) is 13.8. The van der Waals surface area contributed by atoms with E-state index in [9.17, 15) is 5.11 Å². The minimum atomic E-state index is -0.801. The summed E-state index contributed by atoms with van der Waals surface area (Å²) in [6.45, 7) is 10.8. The van der Waals surface area contributed by atoms with Crippen LogP contribution in [0.5, 0.6) is 0 Å². The Morgan fingerprint density at radius 1 is 0.897 bits per heavy atom. The number of rotatable bonds is 8. The van der Waals surface area contributed by atoms with Gasteiger partial charge in [0, 0.05) is 12.1 Å². The van der Waals surface area contributed by atoms with Crippen molar-refractivity contribution in [3.8, 4) is 0 Å². The van der Waals surface area contributed by atoms with Crippen LogP contribution >= 0.6 is 0 Å². The first-order valence-corrected chi connectivity index (χ1v) is 10.6. The van der Waals surface area contributed by atoms with E-state index in [1.54, 1.807) is 6.33 Å². The lowest BCUT2D eigenvalue weighted by Gasteiger charge is -2.36. The predicted octanol–water partition coefficient (Wildman–Crippen LogP) is 5.74. The van der Waals surface area contributed by atoms with Crippen molar-refractivity contribution in [2.75, 3.05) is 0 Å². The SMILES string of the molecule is Cc1cccc(C)c1CCC(O)(CCc1c[nH]cn1)C(C)c1c(C)cccc1C. The van der Waals surface area contributed by atoms with Gasteiger partial charge in [-0.05, 0) is 86.8 Å². The molecule has 1 aromatic heterocycles. The Bertz CT molecular complexity index is 905. The van der Waals surface area contributed by atoms with Crippen molar-refractivity contribution < 1.29 is 5.11 Å². The summed E-state index contributed by atoms with van der Waals surface area (Å²) in [5.41, 5.74) is 7.95. The van der Waals surface area contributed by atoms with Crippen LogP contribution < -0.4 is 0 Å². The quantitative estimate of drug-likeness (QED) is 0.515. The Morgan fingerprint density at radius 2 is 1.45 bits per heavy atom. The van der Waals surface area contributed by atoms with Gasteiger partial charge in [-0.25, -0.2) is 4.98 Å². The minimum Gasteiger partial charge on any atom is -0.389 e. The first kappa shape index (κ1) is 21.3. The Labute approximate surface area is 175 Å². The molecule has 0 aliphatic carbocycles. The number of nitrogens with zero attached hydrogens (tertiary/aromatic N) is 1. The molecule has 0 saturated carbocycles. The second-order valence-corrected chi connectivity index (χ2v) is 8.56. The summed E-state index contributed by atoms with van der Waals surface area (Å²) >= 11 is 0. The van der Waals surface area contributed by atoms with E-state index < -0.39 is 5.60 Å². The van der Waals surface area contributed by atoms with Gasteiger partial charge in [0.15, 0.2) is 0 Å². The fourth-order valence-electron chi connectivity index (χ4n) is 4.69. The van der Waals surface area contributed by atoms with Gasteiger partial charge in [0.25, 0.3) is 0 Å². The van der Waals surface area contributed by atoms with Crippen molar-refractivity contribution in [1.29, 1.82) is 0 Å². The van der Waals surface area contributed by atoms with Gasteiger partial charge < -0.3 is 10.1 Å². The van der Waals surface area contributed by atoms with Crippen molar-refractivity contribution in [2.45, 2.75) is 71.8 Å². The zero-order chi connectivity index (χ0) is 21.0. The van der Waals surface area contributed by atoms with Crippen LogP contribution in [0.4, 0.5) is 0 Å². The van der Waals surface area contributed by atoms with Crippen molar-refractivity contribution >= 4 is 0 Å². The van der Waals surface area contributed by atoms with E-state index >= 15 is 0 Å². The predicted molar refractivity (Wildman–Crippen MR) is 120 cm³/mol. The summed E-state index contributed by atoms with van der Waals surface area (Å²) in [4.78, 5) is 7.39. The maximum Gasteiger partial charge on any atom is 0.0923 e. The molecule has 2 N–H and O–H groups in total. The molecule has 0 radical (unpaired) electrons. The lowest BCUT2D eigenvalue weighted by Crippen LogP contribution is -2.37. The molecular weight excluding hydrogens is 356 g/mol. The molecule has 3 aromatic rings. The van der Waals surface area contributed by atoms with Crippen LogP contribution in [0.3, 0.4) is 0 Å². The van der Waals surface area contributed by atoms with Crippen LogP contribution in [0.2, 0.25) is 0 Å². The molecule has 0 aliphatic heterocycles. The number of benzene rings is 2. The summed E-state index contributed by atoms with van der Waals surface area (Å²) in [5, 5.41) is 12.0. The smallest absolute Gasteiger partial charge is 0.0923 e. The van der Waals surface area contributed by atoms with E-state index in [0.29, 0.717) is 6.42 Å². The average Bonchev–Trinajstić information content (AvgIpc) is 3.19. The molecule has 2 aromatic carbocycles. The maximum atomic E-state index is 12.0. The van der Waals surface area contributed by atoms with Crippen LogP contribution in [0, 0.1) is 27.7 Å². The van der Waals surface area contributed by atoms with Gasteiger partial charge in [-0.1, -0.05) is 43.3 Å². The van der Waals surface area contributed by atoms with Crippen molar-refractivity contribution in [3.63, 3.8) is 0 Å². The summed E-state index contributed by atoms with van der Waals surface area (Å²) in [6.07, 6.45) is 6.71. The Hall–Kier alpha value is -2.39. The topological polar surface area (TPSA) is 48.9 Å². The zero-order valence-electron chi connectivity index (χ0n) is 18.4. The zero-order valence-corrected chi connectivity index (χ0v) is 18.4. The number of aliphatic hydroxyl groups is 1. The van der Waals surface area contributed by atoms with Crippen molar-refractivity contribution in [1.82, 2.24) is 9.97 Å². The molecule has 3 rings (SSSR count). The largest absolute Gasteiger partial charge is 0.389 e. The van der Waals surface area contributed by atoms with Gasteiger partial charge >= 0.3 is 0 Å². The van der Waals surface area contributed by atoms with E-state index in [2.05, 4.69) is 81.0 Å². The third-order valence-corrected chi connectivity index (χ3v) is 6.60. The second kappa shape index (κ2) is 8.96. The number of aromatic amines is 1. The fourth-order valence-corrected chi connectivity index (χ4v) is 4.69. The molecule has 29 heavy (non-hydrogen) atoms. The molecule has 1 heterocycles. The number of aryl methyl sites for hydroxylation is 5. The highest BCUT2D eigenvalue weighted by Gasteiger charge is 2.36. The van der Waals surface area contributed by atoms with Gasteiger partial charge in [0.05, 0.1) is 17.6 Å². The van der Waals surface area contributed by atoms with Gasteiger partial charge in [0.2, 0.25) is 0 Å². The van der Waals surface area contributed by atoms with Gasteiger partial charge in [-0.15, -0.1) is 0 Å². The highest BCUT2D eigenvalue weighted by atomic mass is 16.3. The normalized spacial score (nSPS) is 14.6. The monoisotopic (exact) mass is 390 g/mol. The van der Waals surface area contributed by atoms with Crippen molar-refractivity contribution in [2.24, 2.45) is 0 Å². The maximum absolute atomic E-state index is 12.0. The second-order valence-electron chi connectivity index (χ2n) is 8.56. The van der Waals surface area contributed by atoms with E-state index in [1.807, 2.05) is 6.20 Å². The summed E-state index contributed by atoms with van der Waals surface area (Å²) in [5.74, 6) is 0.0481. The number of hydrogen-bond donors (Lipinski definition) is 2. The van der Waals surface area contributed by atoms with Crippen LogP contribution in [0.15, 0.2) is 48.9 Å². The van der Waals surface area contributed by atoms with Gasteiger partial charge in [-0.3, -0.25) is 0 Å². The Morgan fingerprint density at radius 3 is 2.00 bits per heavy atom. The lowest BCUT2D eigenvalue weighted by atomic mass is 9.74. The highest BCUT2D eigenvalue weighted by molar-refractivity contribution is 5.38. The van der Waals surface area contributed by atoms with Crippen LogP contribution in [-0.2, 0) is 12.8 Å². The number of H-pyrrole nitrogens is 1. The molecule has 0 amide bonds. The number of imidazole rings is 1. The molecule has 0 spiro atoms. The number of aromatic nitrogens is 2. The van der Waals surface area contributed by atoms with Crippen LogP contribution in [-0.4, -0.2) is 20.7 Å². The first-order valence-electron chi connectivity index (χ1n) is 10.6. The van der Waals surface area contributed by atoms with Gasteiger partial charge in [0.1, 0.15) is 0 Å². The number of nitrogens with one attached hydrogen (secondary N) is 1. The highest BCUT2D eigenvalue weighted by Crippen LogP contribution is 2.39. The molecule has 0 fully saturated rings.